The third-order valence-electron chi connectivity index (χ3n) is 7.42. The van der Waals surface area contributed by atoms with Crippen molar-refractivity contribution in [2.45, 2.75) is 71.1 Å². The summed E-state index contributed by atoms with van der Waals surface area (Å²) in [6, 6.07) is 9.72. The van der Waals surface area contributed by atoms with Crippen molar-refractivity contribution in [2.24, 2.45) is 5.92 Å². The van der Waals surface area contributed by atoms with Gasteiger partial charge in [-0.15, -0.1) is 22.7 Å². The van der Waals surface area contributed by atoms with Crippen LogP contribution in [0.1, 0.15) is 72.6 Å². The van der Waals surface area contributed by atoms with Crippen molar-refractivity contribution in [1.82, 2.24) is 20.9 Å². The number of carbonyl (C=O) groups is 4. The smallest absolute Gasteiger partial charge is 0.320 e. The molecule has 0 unspecified atom stereocenters. The third-order valence-corrected chi connectivity index (χ3v) is 9.14. The van der Waals surface area contributed by atoms with Crippen LogP contribution in [-0.2, 0) is 16.1 Å². The SMILES string of the molecule is CCCC[C@H](NC(=O)N[C@@H](CCN[C@H](C(=O)O)C(C)C)c1ccc2c(c1)OCO2)C(=O)N(Cc1cccs1)C(=O)c1cccs1. The number of ether oxygens (including phenoxy) is 2. The molecule has 1 aliphatic heterocycles. The summed E-state index contributed by atoms with van der Waals surface area (Å²) in [6.07, 6.45) is 2.17. The van der Waals surface area contributed by atoms with E-state index in [0.29, 0.717) is 42.2 Å². The van der Waals surface area contributed by atoms with Crippen LogP contribution in [0.25, 0.3) is 0 Å². The third kappa shape index (κ3) is 9.28. The molecular weight excluding hydrogens is 617 g/mol. The molecule has 0 spiro atoms. The lowest BCUT2D eigenvalue weighted by molar-refractivity contribution is -0.140. The molecule has 1 aromatic carbocycles. The molecule has 242 valence electrons. The van der Waals surface area contributed by atoms with E-state index in [1.165, 1.54) is 27.6 Å². The Morgan fingerprint density at radius 1 is 0.978 bits per heavy atom. The van der Waals surface area contributed by atoms with Crippen LogP contribution in [0.3, 0.4) is 0 Å². The van der Waals surface area contributed by atoms with Crippen molar-refractivity contribution in [1.29, 1.82) is 0 Å². The summed E-state index contributed by atoms with van der Waals surface area (Å²) >= 11 is 2.71. The Balaban J connectivity index is 1.52. The Morgan fingerprint density at radius 3 is 2.40 bits per heavy atom. The van der Waals surface area contributed by atoms with Gasteiger partial charge in [-0.05, 0) is 65.9 Å². The largest absolute Gasteiger partial charge is 0.480 e. The number of amides is 4. The maximum Gasteiger partial charge on any atom is 0.320 e. The number of aliphatic carboxylic acids is 1. The van der Waals surface area contributed by atoms with Crippen molar-refractivity contribution in [3.05, 3.63) is 68.5 Å². The maximum atomic E-state index is 14.0. The van der Waals surface area contributed by atoms with Gasteiger partial charge in [-0.2, -0.15) is 0 Å². The minimum absolute atomic E-state index is 0.0982. The van der Waals surface area contributed by atoms with Gasteiger partial charge in [0.05, 0.1) is 17.5 Å². The molecule has 11 nitrogen and oxygen atoms in total. The highest BCUT2D eigenvalue weighted by atomic mass is 32.1. The summed E-state index contributed by atoms with van der Waals surface area (Å²) < 4.78 is 11.0. The predicted octanol–water partition coefficient (Wildman–Crippen LogP) is 5.40. The summed E-state index contributed by atoms with van der Waals surface area (Å²) in [4.78, 5) is 55.2. The standard InChI is InChI=1S/C32H40N4O7S2/c1-4-5-9-24(29(37)36(18-22-8-6-15-44-22)30(38)27-10-7-16-45-27)35-32(41)34-23(13-14-33-28(20(2)3)31(39)40)21-11-12-25-26(17-21)43-19-42-25/h6-8,10-12,15-17,20,23-24,28,33H,4-5,9,13-14,18-19H2,1-3H3,(H,39,40)(H2,34,35,41)/t23-,24-,28-/m0/s1. The van der Waals surface area contributed by atoms with Crippen LogP contribution in [0.2, 0.25) is 0 Å². The molecule has 4 N–H and O–H groups in total. The van der Waals surface area contributed by atoms with Gasteiger partial charge in [0, 0.05) is 4.88 Å². The number of thiophene rings is 2. The predicted molar refractivity (Wildman–Crippen MR) is 173 cm³/mol. The normalized spacial score (nSPS) is 14.0. The fourth-order valence-corrected chi connectivity index (χ4v) is 6.36. The van der Waals surface area contributed by atoms with Gasteiger partial charge in [-0.3, -0.25) is 19.3 Å². The molecule has 13 heteroatoms. The summed E-state index contributed by atoms with van der Waals surface area (Å²) in [5.41, 5.74) is 0.733. The molecule has 4 rings (SSSR count). The van der Waals surface area contributed by atoms with Gasteiger partial charge in [0.2, 0.25) is 6.79 Å². The summed E-state index contributed by atoms with van der Waals surface area (Å²) in [7, 11) is 0. The van der Waals surface area contributed by atoms with Crippen LogP contribution in [0, 0.1) is 5.92 Å². The summed E-state index contributed by atoms with van der Waals surface area (Å²) in [6.45, 7) is 6.14. The van der Waals surface area contributed by atoms with Crippen LogP contribution in [0.15, 0.2) is 53.2 Å². The Bertz CT molecular complexity index is 1430. The van der Waals surface area contributed by atoms with Crippen LogP contribution < -0.4 is 25.4 Å². The summed E-state index contributed by atoms with van der Waals surface area (Å²) in [5.74, 6) is -0.829. The number of carboxylic acids is 1. The van der Waals surface area contributed by atoms with E-state index in [-0.39, 0.29) is 19.3 Å². The highest BCUT2D eigenvalue weighted by Gasteiger charge is 2.32. The van der Waals surface area contributed by atoms with Crippen LogP contribution in [0.4, 0.5) is 4.79 Å². The van der Waals surface area contributed by atoms with Crippen LogP contribution in [0.5, 0.6) is 11.5 Å². The molecule has 0 fully saturated rings. The first-order valence-corrected chi connectivity index (χ1v) is 16.8. The second-order valence-corrected chi connectivity index (χ2v) is 13.0. The van der Waals surface area contributed by atoms with E-state index in [1.54, 1.807) is 29.6 Å². The maximum absolute atomic E-state index is 14.0. The van der Waals surface area contributed by atoms with E-state index in [4.69, 9.17) is 9.47 Å². The fraction of sp³-hybridized carbons (Fsp3) is 0.438. The molecule has 0 bridgehead atoms. The molecule has 0 radical (unpaired) electrons. The number of carbonyl (C=O) groups excluding carboxylic acids is 3. The zero-order valence-electron chi connectivity index (χ0n) is 25.6. The Kier molecular flexibility index (Phi) is 12.4. The Morgan fingerprint density at radius 2 is 1.73 bits per heavy atom. The number of urea groups is 1. The van der Waals surface area contributed by atoms with Gasteiger partial charge in [0.15, 0.2) is 11.5 Å². The lowest BCUT2D eigenvalue weighted by Gasteiger charge is -2.27. The highest BCUT2D eigenvalue weighted by molar-refractivity contribution is 7.12. The highest BCUT2D eigenvalue weighted by Crippen LogP contribution is 2.35. The lowest BCUT2D eigenvalue weighted by Crippen LogP contribution is -2.53. The molecule has 2 aromatic heterocycles. The molecule has 0 saturated heterocycles. The van der Waals surface area contributed by atoms with E-state index in [1.807, 2.05) is 44.4 Å². The molecule has 4 amide bonds. The van der Waals surface area contributed by atoms with Crippen LogP contribution in [-0.4, -0.2) is 59.2 Å². The second-order valence-electron chi connectivity index (χ2n) is 11.1. The Labute approximate surface area is 270 Å². The minimum Gasteiger partial charge on any atom is -0.480 e. The monoisotopic (exact) mass is 656 g/mol. The zero-order valence-corrected chi connectivity index (χ0v) is 27.2. The quantitative estimate of drug-likeness (QED) is 0.160. The Hall–Kier alpha value is -3.94. The number of nitrogens with zero attached hydrogens (tertiary/aromatic N) is 1. The topological polar surface area (TPSA) is 146 Å². The number of imide groups is 1. The number of benzene rings is 1. The average Bonchev–Trinajstić information content (AvgIpc) is 3.81. The molecule has 0 aliphatic carbocycles. The number of carboxylic acid groups (broad SMARTS) is 1. The van der Waals surface area contributed by atoms with Crippen molar-refractivity contribution < 1.29 is 33.8 Å². The lowest BCUT2D eigenvalue weighted by atomic mass is 10.0. The molecule has 45 heavy (non-hydrogen) atoms. The second kappa shape index (κ2) is 16.4. The first-order chi connectivity index (χ1) is 21.7. The molecule has 0 saturated carbocycles. The molecular formula is C32H40N4O7S2. The van der Waals surface area contributed by atoms with Crippen LogP contribution >= 0.6 is 22.7 Å². The number of fused-ring (bicyclic) bond motifs is 1. The van der Waals surface area contributed by atoms with E-state index in [2.05, 4.69) is 16.0 Å². The van der Waals surface area contributed by atoms with E-state index in [0.717, 1.165) is 16.9 Å². The fourth-order valence-electron chi connectivity index (χ4n) is 5.00. The number of rotatable bonds is 16. The van der Waals surface area contributed by atoms with E-state index in [9.17, 15) is 24.3 Å². The van der Waals surface area contributed by atoms with Gasteiger partial charge in [0.25, 0.3) is 11.8 Å². The average molecular weight is 657 g/mol. The number of nitrogens with one attached hydrogen (secondary N) is 3. The number of hydrogen-bond acceptors (Lipinski definition) is 9. The molecule has 3 heterocycles. The van der Waals surface area contributed by atoms with Gasteiger partial charge in [0.1, 0.15) is 12.1 Å². The minimum atomic E-state index is -0.947. The van der Waals surface area contributed by atoms with Crippen molar-refractivity contribution >= 4 is 46.5 Å². The van der Waals surface area contributed by atoms with E-state index < -0.39 is 41.9 Å². The van der Waals surface area contributed by atoms with E-state index >= 15 is 0 Å². The number of hydrogen-bond donors (Lipinski definition) is 4. The summed E-state index contributed by atoms with van der Waals surface area (Å²) in [5, 5.41) is 22.2. The first kappa shape index (κ1) is 33.9. The van der Waals surface area contributed by atoms with Gasteiger partial charge < -0.3 is 30.5 Å². The van der Waals surface area contributed by atoms with Crippen molar-refractivity contribution in [3.63, 3.8) is 0 Å². The molecule has 1 aliphatic rings. The zero-order chi connectivity index (χ0) is 32.3. The van der Waals surface area contributed by atoms with Crippen molar-refractivity contribution in [2.75, 3.05) is 13.3 Å². The molecule has 3 aromatic rings. The number of unbranched alkanes of at least 4 members (excludes halogenated alkanes) is 1. The first-order valence-electron chi connectivity index (χ1n) is 15.0. The van der Waals surface area contributed by atoms with Crippen molar-refractivity contribution in [3.8, 4) is 11.5 Å². The van der Waals surface area contributed by atoms with Gasteiger partial charge in [-0.1, -0.05) is 51.8 Å². The van der Waals surface area contributed by atoms with Gasteiger partial charge >= 0.3 is 12.0 Å². The molecule has 3 atom stereocenters. The van der Waals surface area contributed by atoms with Gasteiger partial charge in [-0.25, -0.2) is 4.79 Å².